The van der Waals surface area contributed by atoms with Crippen molar-refractivity contribution in [2.24, 2.45) is 0 Å². The van der Waals surface area contributed by atoms with E-state index in [2.05, 4.69) is 4.98 Å². The lowest BCUT2D eigenvalue weighted by Gasteiger charge is -2.19. The zero-order chi connectivity index (χ0) is 13.1. The lowest BCUT2D eigenvalue weighted by molar-refractivity contribution is 0.0993. The molecule has 18 heavy (non-hydrogen) atoms. The Bertz CT molecular complexity index is 586. The number of anilines is 2. The molecule has 0 aliphatic heterocycles. The third-order valence-corrected chi connectivity index (χ3v) is 2.91. The van der Waals surface area contributed by atoms with E-state index < -0.39 is 0 Å². The van der Waals surface area contributed by atoms with Crippen LogP contribution < -0.4 is 10.6 Å². The van der Waals surface area contributed by atoms with E-state index in [-0.39, 0.29) is 5.91 Å². The van der Waals surface area contributed by atoms with Crippen LogP contribution in [-0.2, 0) is 0 Å². The van der Waals surface area contributed by atoms with Crippen molar-refractivity contribution in [2.45, 2.75) is 0 Å². The molecular formula is C13H12ClN3O. The van der Waals surface area contributed by atoms with E-state index >= 15 is 0 Å². The summed E-state index contributed by atoms with van der Waals surface area (Å²) in [4.78, 5) is 17.6. The van der Waals surface area contributed by atoms with E-state index in [4.69, 9.17) is 17.3 Å². The number of benzene rings is 1. The molecular weight excluding hydrogens is 250 g/mol. The van der Waals surface area contributed by atoms with Gasteiger partial charge in [-0.15, -0.1) is 0 Å². The fourth-order valence-electron chi connectivity index (χ4n) is 1.63. The molecule has 0 saturated carbocycles. The van der Waals surface area contributed by atoms with Crippen LogP contribution >= 0.6 is 11.6 Å². The molecule has 0 aliphatic rings. The Morgan fingerprint density at radius 2 is 2.06 bits per heavy atom. The van der Waals surface area contributed by atoms with Crippen molar-refractivity contribution in [2.75, 3.05) is 17.7 Å². The Morgan fingerprint density at radius 1 is 1.33 bits per heavy atom. The molecule has 0 radical (unpaired) electrons. The Balaban J connectivity index is 2.36. The molecule has 1 aromatic carbocycles. The average Bonchev–Trinajstić information content (AvgIpc) is 2.38. The Hall–Kier alpha value is -2.07. The first kappa shape index (κ1) is 12.4. The number of amides is 1. The maximum Gasteiger partial charge on any atom is 0.259 e. The first-order chi connectivity index (χ1) is 8.61. The first-order valence-electron chi connectivity index (χ1n) is 5.33. The lowest BCUT2D eigenvalue weighted by atomic mass is 10.2. The van der Waals surface area contributed by atoms with Gasteiger partial charge in [0.1, 0.15) is 0 Å². The monoisotopic (exact) mass is 261 g/mol. The van der Waals surface area contributed by atoms with Crippen LogP contribution in [-0.4, -0.2) is 17.9 Å². The minimum absolute atomic E-state index is 0.222. The molecule has 0 atom stereocenters. The third kappa shape index (κ3) is 2.28. The van der Waals surface area contributed by atoms with Crippen molar-refractivity contribution >= 4 is 28.9 Å². The van der Waals surface area contributed by atoms with Crippen LogP contribution in [0.1, 0.15) is 10.4 Å². The van der Waals surface area contributed by atoms with Gasteiger partial charge in [0.15, 0.2) is 0 Å². The summed E-state index contributed by atoms with van der Waals surface area (Å²) in [5, 5.41) is 0.323. The Kier molecular flexibility index (Phi) is 3.48. The van der Waals surface area contributed by atoms with Gasteiger partial charge in [0, 0.05) is 19.4 Å². The van der Waals surface area contributed by atoms with Crippen molar-refractivity contribution < 1.29 is 4.79 Å². The highest BCUT2D eigenvalue weighted by molar-refractivity contribution is 6.34. The molecule has 5 heteroatoms. The predicted molar refractivity (Wildman–Crippen MR) is 72.8 cm³/mol. The number of carbonyl (C=O) groups excluding carboxylic acids is 1. The molecule has 1 heterocycles. The number of hydrogen-bond donors (Lipinski definition) is 1. The number of halogens is 1. The minimum atomic E-state index is -0.222. The number of nitrogens with two attached hydrogens (primary N) is 1. The van der Waals surface area contributed by atoms with E-state index in [1.807, 2.05) is 12.1 Å². The van der Waals surface area contributed by atoms with E-state index in [1.165, 1.54) is 17.3 Å². The molecule has 1 aromatic heterocycles. The molecule has 4 nitrogen and oxygen atoms in total. The van der Waals surface area contributed by atoms with Crippen molar-refractivity contribution in [3.8, 4) is 0 Å². The van der Waals surface area contributed by atoms with Crippen molar-refractivity contribution in [1.82, 2.24) is 4.98 Å². The van der Waals surface area contributed by atoms with Gasteiger partial charge in [-0.05, 0) is 18.2 Å². The number of hydrogen-bond acceptors (Lipinski definition) is 3. The number of aromatic nitrogens is 1. The number of nitrogen functional groups attached to an aromatic ring is 1. The summed E-state index contributed by atoms with van der Waals surface area (Å²) in [6, 6.07) is 8.75. The zero-order valence-corrected chi connectivity index (χ0v) is 10.6. The summed E-state index contributed by atoms with van der Waals surface area (Å²) in [5.41, 5.74) is 7.43. The molecule has 0 fully saturated rings. The van der Waals surface area contributed by atoms with Gasteiger partial charge in [0.05, 0.1) is 22.0 Å². The van der Waals surface area contributed by atoms with Crippen LogP contribution in [0.3, 0.4) is 0 Å². The van der Waals surface area contributed by atoms with Crippen LogP contribution in [0.4, 0.5) is 11.4 Å². The second-order valence-corrected chi connectivity index (χ2v) is 4.19. The van der Waals surface area contributed by atoms with Crippen molar-refractivity contribution in [1.29, 1.82) is 0 Å². The molecule has 0 unspecified atom stereocenters. The van der Waals surface area contributed by atoms with Crippen LogP contribution in [0.5, 0.6) is 0 Å². The summed E-state index contributed by atoms with van der Waals surface area (Å²) < 4.78 is 0. The molecule has 0 spiro atoms. The smallest absolute Gasteiger partial charge is 0.259 e. The van der Waals surface area contributed by atoms with E-state index in [0.717, 1.165) is 0 Å². The lowest BCUT2D eigenvalue weighted by Crippen LogP contribution is -2.27. The number of pyridine rings is 1. The molecule has 92 valence electrons. The summed E-state index contributed by atoms with van der Waals surface area (Å²) >= 11 is 5.95. The summed E-state index contributed by atoms with van der Waals surface area (Å²) in [6.07, 6.45) is 2.97. The van der Waals surface area contributed by atoms with Crippen molar-refractivity contribution in [3.05, 3.63) is 53.3 Å². The largest absolute Gasteiger partial charge is 0.397 e. The van der Waals surface area contributed by atoms with Gasteiger partial charge in [-0.2, -0.15) is 0 Å². The van der Waals surface area contributed by atoms with E-state index in [9.17, 15) is 4.79 Å². The maximum absolute atomic E-state index is 12.3. The van der Waals surface area contributed by atoms with Crippen molar-refractivity contribution in [3.63, 3.8) is 0 Å². The second-order valence-electron chi connectivity index (χ2n) is 3.78. The van der Waals surface area contributed by atoms with Gasteiger partial charge in [0.25, 0.3) is 5.91 Å². The van der Waals surface area contributed by atoms with Gasteiger partial charge in [-0.1, -0.05) is 23.7 Å². The summed E-state index contributed by atoms with van der Waals surface area (Å²) in [6.45, 7) is 0. The Morgan fingerprint density at radius 3 is 2.72 bits per heavy atom. The van der Waals surface area contributed by atoms with E-state index in [0.29, 0.717) is 22.0 Å². The predicted octanol–water partition coefficient (Wildman–Crippen LogP) is 2.59. The highest BCUT2D eigenvalue weighted by Crippen LogP contribution is 2.24. The standard InChI is InChI=1S/C13H12ClN3O/c1-17(12-5-3-2-4-11(12)15)13(18)9-6-7-16-8-10(9)14/h2-8H,15H2,1H3. The normalized spacial score (nSPS) is 10.1. The van der Waals surface area contributed by atoms with Gasteiger partial charge >= 0.3 is 0 Å². The van der Waals surface area contributed by atoms with Crippen LogP contribution in [0, 0.1) is 0 Å². The highest BCUT2D eigenvalue weighted by atomic mass is 35.5. The number of carbonyl (C=O) groups is 1. The van der Waals surface area contributed by atoms with Crippen LogP contribution in [0.25, 0.3) is 0 Å². The van der Waals surface area contributed by atoms with E-state index in [1.54, 1.807) is 25.2 Å². The minimum Gasteiger partial charge on any atom is -0.397 e. The van der Waals surface area contributed by atoms with Crippen LogP contribution in [0.15, 0.2) is 42.7 Å². The fraction of sp³-hybridized carbons (Fsp3) is 0.0769. The van der Waals surface area contributed by atoms with Gasteiger partial charge in [-0.25, -0.2) is 0 Å². The SMILES string of the molecule is CN(C(=O)c1ccncc1Cl)c1ccccc1N. The molecule has 2 rings (SSSR count). The van der Waals surface area contributed by atoms with Gasteiger partial charge < -0.3 is 10.6 Å². The topological polar surface area (TPSA) is 59.2 Å². The molecule has 0 bridgehead atoms. The molecule has 0 aliphatic carbocycles. The van der Waals surface area contributed by atoms with Gasteiger partial charge in [-0.3, -0.25) is 9.78 Å². The second kappa shape index (κ2) is 5.06. The molecule has 2 aromatic rings. The fourth-order valence-corrected chi connectivity index (χ4v) is 1.83. The number of rotatable bonds is 2. The zero-order valence-electron chi connectivity index (χ0n) is 9.80. The molecule has 0 saturated heterocycles. The Labute approximate surface area is 110 Å². The molecule has 1 amide bonds. The third-order valence-electron chi connectivity index (χ3n) is 2.61. The average molecular weight is 262 g/mol. The number of para-hydroxylation sites is 2. The summed E-state index contributed by atoms with van der Waals surface area (Å²) in [5.74, 6) is -0.222. The molecule has 2 N–H and O–H groups in total. The van der Waals surface area contributed by atoms with Gasteiger partial charge in [0.2, 0.25) is 0 Å². The maximum atomic E-state index is 12.3. The number of nitrogens with zero attached hydrogens (tertiary/aromatic N) is 2. The van der Waals surface area contributed by atoms with Crippen LogP contribution in [0.2, 0.25) is 5.02 Å². The summed E-state index contributed by atoms with van der Waals surface area (Å²) in [7, 11) is 1.66. The first-order valence-corrected chi connectivity index (χ1v) is 5.71. The highest BCUT2D eigenvalue weighted by Gasteiger charge is 2.17. The quantitative estimate of drug-likeness (QED) is 0.846.